The summed E-state index contributed by atoms with van der Waals surface area (Å²) in [4.78, 5) is 12.9. The number of hydrogen-bond acceptors (Lipinski definition) is 3. The summed E-state index contributed by atoms with van der Waals surface area (Å²) in [5.41, 5.74) is 14.5. The molecule has 254 valence electrons. The normalized spacial score (nSPS) is 11.3. The van der Waals surface area contributed by atoms with Crippen molar-refractivity contribution in [3.05, 3.63) is 206 Å². The maximum Gasteiger partial charge on any atom is 0.0973 e. The third-order valence-corrected chi connectivity index (χ3v) is 10.2. The first-order valence-electron chi connectivity index (χ1n) is 18.3. The van der Waals surface area contributed by atoms with Crippen LogP contribution >= 0.6 is 0 Å². The standard InChI is InChI=1S/C50H34N4/c1-5-15-35(16-6-1)38-27-31-45-46(33-38)52-50(49(51-45)36-17-7-2-8-18-36)37-25-28-41(29-26-37)53(39-19-9-3-10-20-39)42-30-32-48-44(34-42)43-23-13-14-24-47(43)54(48)40-21-11-4-12-22-40/h1-34H. The predicted molar refractivity (Wildman–Crippen MR) is 225 cm³/mol. The van der Waals surface area contributed by atoms with Crippen LogP contribution in [0.2, 0.25) is 0 Å². The topological polar surface area (TPSA) is 34.0 Å². The number of aromatic nitrogens is 3. The molecule has 0 saturated carbocycles. The Balaban J connectivity index is 1.11. The highest BCUT2D eigenvalue weighted by Crippen LogP contribution is 2.41. The van der Waals surface area contributed by atoms with E-state index in [1.165, 1.54) is 21.8 Å². The number of benzene rings is 8. The minimum absolute atomic E-state index is 0.854. The van der Waals surface area contributed by atoms with E-state index in [4.69, 9.17) is 9.97 Å². The summed E-state index contributed by atoms with van der Waals surface area (Å²) in [7, 11) is 0. The Morgan fingerprint density at radius 2 is 0.852 bits per heavy atom. The van der Waals surface area contributed by atoms with E-state index in [-0.39, 0.29) is 0 Å². The quantitative estimate of drug-likeness (QED) is 0.167. The van der Waals surface area contributed by atoms with Crippen molar-refractivity contribution in [1.82, 2.24) is 14.5 Å². The average molecular weight is 691 g/mol. The van der Waals surface area contributed by atoms with Gasteiger partial charge < -0.3 is 9.47 Å². The maximum absolute atomic E-state index is 5.31. The van der Waals surface area contributed by atoms with Gasteiger partial charge in [-0.1, -0.05) is 133 Å². The fourth-order valence-corrected chi connectivity index (χ4v) is 7.61. The third kappa shape index (κ3) is 5.58. The van der Waals surface area contributed by atoms with Gasteiger partial charge in [0.05, 0.1) is 33.5 Å². The monoisotopic (exact) mass is 690 g/mol. The Morgan fingerprint density at radius 3 is 1.57 bits per heavy atom. The molecule has 0 fully saturated rings. The summed E-state index contributed by atoms with van der Waals surface area (Å²) < 4.78 is 2.35. The molecule has 54 heavy (non-hydrogen) atoms. The van der Waals surface area contributed by atoms with E-state index in [1.807, 2.05) is 12.1 Å². The minimum Gasteiger partial charge on any atom is -0.310 e. The number of rotatable bonds is 7. The number of para-hydroxylation sites is 3. The maximum atomic E-state index is 5.31. The predicted octanol–water partition coefficient (Wildman–Crippen LogP) is 13.2. The molecule has 0 aliphatic carbocycles. The lowest BCUT2D eigenvalue weighted by molar-refractivity contribution is 1.18. The van der Waals surface area contributed by atoms with E-state index in [0.717, 1.165) is 67.4 Å². The van der Waals surface area contributed by atoms with Gasteiger partial charge in [0.2, 0.25) is 0 Å². The van der Waals surface area contributed by atoms with Crippen molar-refractivity contribution in [1.29, 1.82) is 0 Å². The zero-order chi connectivity index (χ0) is 35.8. The molecule has 8 aromatic carbocycles. The van der Waals surface area contributed by atoms with Crippen LogP contribution in [0.15, 0.2) is 206 Å². The summed E-state index contributed by atoms with van der Waals surface area (Å²) >= 11 is 0. The SMILES string of the molecule is c1ccc(-c2ccc3nc(-c4ccccc4)c(-c4ccc(N(c5ccccc5)c5ccc6c(c5)c5ccccc5n6-c5ccccc5)cc4)nc3c2)cc1. The zero-order valence-corrected chi connectivity index (χ0v) is 29.4. The Morgan fingerprint density at radius 1 is 0.333 bits per heavy atom. The van der Waals surface area contributed by atoms with E-state index in [2.05, 4.69) is 204 Å². The first kappa shape index (κ1) is 31.4. The van der Waals surface area contributed by atoms with Crippen LogP contribution in [0.25, 0.3) is 72.2 Å². The summed E-state index contributed by atoms with van der Waals surface area (Å²) in [6.45, 7) is 0. The minimum atomic E-state index is 0.854. The van der Waals surface area contributed by atoms with Gasteiger partial charge in [-0.3, -0.25) is 0 Å². The lowest BCUT2D eigenvalue weighted by atomic mass is 10.0. The average Bonchev–Trinajstić information content (AvgIpc) is 3.58. The van der Waals surface area contributed by atoms with Gasteiger partial charge >= 0.3 is 0 Å². The van der Waals surface area contributed by atoms with E-state index in [1.54, 1.807) is 0 Å². The number of nitrogens with zero attached hydrogens (tertiary/aromatic N) is 4. The first-order chi connectivity index (χ1) is 26.8. The van der Waals surface area contributed by atoms with Crippen molar-refractivity contribution in [3.63, 3.8) is 0 Å². The van der Waals surface area contributed by atoms with E-state index in [0.29, 0.717) is 0 Å². The highest BCUT2D eigenvalue weighted by molar-refractivity contribution is 6.10. The second-order valence-corrected chi connectivity index (χ2v) is 13.5. The van der Waals surface area contributed by atoms with Gasteiger partial charge in [0.15, 0.2) is 0 Å². The molecule has 0 amide bonds. The van der Waals surface area contributed by atoms with Crippen molar-refractivity contribution < 1.29 is 0 Å². The smallest absolute Gasteiger partial charge is 0.0973 e. The number of anilines is 3. The lowest BCUT2D eigenvalue weighted by Gasteiger charge is -2.26. The van der Waals surface area contributed by atoms with Gasteiger partial charge in [-0.05, 0) is 83.9 Å². The summed E-state index contributed by atoms with van der Waals surface area (Å²) in [6.07, 6.45) is 0. The first-order valence-corrected chi connectivity index (χ1v) is 18.3. The molecule has 0 radical (unpaired) electrons. The molecule has 4 heteroatoms. The third-order valence-electron chi connectivity index (χ3n) is 10.2. The van der Waals surface area contributed by atoms with Crippen molar-refractivity contribution in [2.75, 3.05) is 4.90 Å². The highest BCUT2D eigenvalue weighted by Gasteiger charge is 2.19. The second-order valence-electron chi connectivity index (χ2n) is 13.5. The molecule has 0 atom stereocenters. The van der Waals surface area contributed by atoms with Crippen LogP contribution in [0, 0.1) is 0 Å². The molecule has 0 aliphatic rings. The van der Waals surface area contributed by atoms with Gasteiger partial charge in [-0.25, -0.2) is 9.97 Å². The van der Waals surface area contributed by atoms with Crippen molar-refractivity contribution in [2.45, 2.75) is 0 Å². The molecule has 2 heterocycles. The molecule has 0 unspecified atom stereocenters. The van der Waals surface area contributed by atoms with Crippen LogP contribution in [-0.2, 0) is 0 Å². The molecule has 0 spiro atoms. The zero-order valence-electron chi connectivity index (χ0n) is 29.4. The summed E-state index contributed by atoms with van der Waals surface area (Å²) in [5, 5.41) is 2.43. The fraction of sp³-hybridized carbons (Fsp3) is 0. The Kier molecular flexibility index (Phi) is 7.77. The van der Waals surface area contributed by atoms with Crippen molar-refractivity contribution in [2.24, 2.45) is 0 Å². The van der Waals surface area contributed by atoms with E-state index >= 15 is 0 Å². The number of hydrogen-bond donors (Lipinski definition) is 0. The van der Waals surface area contributed by atoms with E-state index < -0.39 is 0 Å². The van der Waals surface area contributed by atoms with E-state index in [9.17, 15) is 0 Å². The molecular weight excluding hydrogens is 657 g/mol. The second kappa shape index (κ2) is 13.4. The van der Waals surface area contributed by atoms with Crippen LogP contribution in [0.1, 0.15) is 0 Å². The van der Waals surface area contributed by atoms with Crippen molar-refractivity contribution >= 4 is 49.9 Å². The van der Waals surface area contributed by atoms with Gasteiger partial charge in [0, 0.05) is 44.6 Å². The van der Waals surface area contributed by atoms with Gasteiger partial charge in [0.25, 0.3) is 0 Å². The molecule has 4 nitrogen and oxygen atoms in total. The molecule has 10 aromatic rings. The summed E-state index contributed by atoms with van der Waals surface area (Å²) in [6, 6.07) is 72.5. The number of fused-ring (bicyclic) bond motifs is 4. The van der Waals surface area contributed by atoms with Gasteiger partial charge in [0.1, 0.15) is 0 Å². The van der Waals surface area contributed by atoms with Gasteiger partial charge in [-0.2, -0.15) is 0 Å². The van der Waals surface area contributed by atoms with Gasteiger partial charge in [-0.15, -0.1) is 0 Å². The summed E-state index contributed by atoms with van der Waals surface area (Å²) in [5.74, 6) is 0. The Bertz CT molecular complexity index is 2900. The lowest BCUT2D eigenvalue weighted by Crippen LogP contribution is -2.09. The van der Waals surface area contributed by atoms with Crippen LogP contribution in [0.3, 0.4) is 0 Å². The largest absolute Gasteiger partial charge is 0.310 e. The van der Waals surface area contributed by atoms with Crippen LogP contribution in [0.5, 0.6) is 0 Å². The molecule has 0 bridgehead atoms. The highest BCUT2D eigenvalue weighted by atomic mass is 15.1. The van der Waals surface area contributed by atoms with Crippen LogP contribution in [0.4, 0.5) is 17.1 Å². The molecular formula is C50H34N4. The Hall–Kier alpha value is -7.30. The van der Waals surface area contributed by atoms with Crippen LogP contribution in [-0.4, -0.2) is 14.5 Å². The van der Waals surface area contributed by atoms with Crippen molar-refractivity contribution in [3.8, 4) is 39.3 Å². The molecule has 2 aromatic heterocycles. The molecule has 0 aliphatic heterocycles. The molecule has 0 saturated heterocycles. The molecule has 10 rings (SSSR count). The fourth-order valence-electron chi connectivity index (χ4n) is 7.61. The Labute approximate surface area is 313 Å². The van der Waals surface area contributed by atoms with Crippen LogP contribution < -0.4 is 4.90 Å². The molecule has 0 N–H and O–H groups in total.